The van der Waals surface area contributed by atoms with Crippen molar-refractivity contribution in [2.45, 2.75) is 26.0 Å². The summed E-state index contributed by atoms with van der Waals surface area (Å²) in [6.45, 7) is 7.30. The number of carbonyl (C=O) groups excluding carboxylic acids is 1. The molecule has 0 saturated carbocycles. The molecule has 1 aliphatic rings. The molecule has 1 aromatic heterocycles. The topological polar surface area (TPSA) is 80.5 Å². The molecular formula is C13H20N4O2. The molecule has 1 aliphatic heterocycles. The normalized spacial score (nSPS) is 19.1. The van der Waals surface area contributed by atoms with Gasteiger partial charge in [-0.15, -0.1) is 0 Å². The van der Waals surface area contributed by atoms with E-state index in [9.17, 15) is 4.79 Å². The average molecular weight is 264 g/mol. The van der Waals surface area contributed by atoms with Crippen LogP contribution in [-0.4, -0.2) is 41.1 Å². The van der Waals surface area contributed by atoms with Gasteiger partial charge >= 0.3 is 0 Å². The molecule has 6 nitrogen and oxygen atoms in total. The van der Waals surface area contributed by atoms with E-state index in [1.54, 1.807) is 6.07 Å². The molecule has 2 rings (SSSR count). The van der Waals surface area contributed by atoms with Crippen molar-refractivity contribution >= 4 is 5.91 Å². The lowest BCUT2D eigenvalue weighted by molar-refractivity contribution is -0.0885. The summed E-state index contributed by atoms with van der Waals surface area (Å²) in [4.78, 5) is 18.0. The smallest absolute Gasteiger partial charge is 0.283 e. The standard InChI is InChI=1S/C13H20N4O2/c1-13(2)9-17(6-7-19-13)8-10-4-3-5-11(15-10)12(18)16-14/h3-5H,6-9,14H2,1-2H3,(H,16,18). The van der Waals surface area contributed by atoms with Crippen molar-refractivity contribution in [1.29, 1.82) is 0 Å². The summed E-state index contributed by atoms with van der Waals surface area (Å²) in [6.07, 6.45) is 0. The Morgan fingerprint density at radius 2 is 2.37 bits per heavy atom. The van der Waals surface area contributed by atoms with Crippen LogP contribution in [0, 0.1) is 0 Å². The summed E-state index contributed by atoms with van der Waals surface area (Å²) >= 11 is 0. The van der Waals surface area contributed by atoms with Crippen molar-refractivity contribution < 1.29 is 9.53 Å². The van der Waals surface area contributed by atoms with Gasteiger partial charge in [0.2, 0.25) is 0 Å². The molecule has 104 valence electrons. The van der Waals surface area contributed by atoms with E-state index < -0.39 is 0 Å². The van der Waals surface area contributed by atoms with Crippen molar-refractivity contribution in [2.24, 2.45) is 5.84 Å². The van der Waals surface area contributed by atoms with E-state index in [0.29, 0.717) is 12.2 Å². The largest absolute Gasteiger partial charge is 0.373 e. The summed E-state index contributed by atoms with van der Waals surface area (Å²) in [6, 6.07) is 5.38. The van der Waals surface area contributed by atoms with Gasteiger partial charge in [0.25, 0.3) is 5.91 Å². The molecule has 0 unspecified atom stereocenters. The van der Waals surface area contributed by atoms with Gasteiger partial charge in [0.05, 0.1) is 17.9 Å². The number of hydrogen-bond acceptors (Lipinski definition) is 5. The summed E-state index contributed by atoms with van der Waals surface area (Å²) < 4.78 is 5.67. The third-order valence-electron chi connectivity index (χ3n) is 3.06. The molecule has 1 saturated heterocycles. The molecule has 2 heterocycles. The van der Waals surface area contributed by atoms with Crippen LogP contribution in [0.4, 0.5) is 0 Å². The Morgan fingerprint density at radius 1 is 1.58 bits per heavy atom. The Hall–Kier alpha value is -1.50. The molecule has 3 N–H and O–H groups in total. The molecule has 1 amide bonds. The second-order valence-corrected chi connectivity index (χ2v) is 5.31. The first kappa shape index (κ1) is 13.9. The van der Waals surface area contributed by atoms with Crippen molar-refractivity contribution in [3.05, 3.63) is 29.6 Å². The van der Waals surface area contributed by atoms with Crippen LogP contribution in [0.5, 0.6) is 0 Å². The van der Waals surface area contributed by atoms with E-state index in [1.165, 1.54) is 0 Å². The number of amides is 1. The van der Waals surface area contributed by atoms with Crippen LogP contribution >= 0.6 is 0 Å². The Morgan fingerprint density at radius 3 is 3.05 bits per heavy atom. The van der Waals surface area contributed by atoms with Crippen LogP contribution in [0.2, 0.25) is 0 Å². The lowest BCUT2D eigenvalue weighted by Gasteiger charge is -2.38. The molecular weight excluding hydrogens is 244 g/mol. The lowest BCUT2D eigenvalue weighted by atomic mass is 10.1. The van der Waals surface area contributed by atoms with Gasteiger partial charge in [0.15, 0.2) is 0 Å². The quantitative estimate of drug-likeness (QED) is 0.466. The minimum absolute atomic E-state index is 0.134. The number of ether oxygens (including phenoxy) is 1. The number of hydrogen-bond donors (Lipinski definition) is 2. The van der Waals surface area contributed by atoms with Crippen molar-refractivity contribution in [1.82, 2.24) is 15.3 Å². The van der Waals surface area contributed by atoms with Crippen molar-refractivity contribution in [3.63, 3.8) is 0 Å². The van der Waals surface area contributed by atoms with Crippen molar-refractivity contribution in [3.8, 4) is 0 Å². The molecule has 1 aromatic rings. The Labute approximate surface area is 112 Å². The van der Waals surface area contributed by atoms with Gasteiger partial charge in [0.1, 0.15) is 5.69 Å². The first-order valence-electron chi connectivity index (χ1n) is 6.33. The van der Waals surface area contributed by atoms with E-state index in [-0.39, 0.29) is 11.5 Å². The predicted octanol–water partition coefficient (Wildman–Crippen LogP) is 0.296. The first-order chi connectivity index (χ1) is 9.00. The zero-order valence-corrected chi connectivity index (χ0v) is 11.3. The predicted molar refractivity (Wildman–Crippen MR) is 71.2 cm³/mol. The number of carbonyl (C=O) groups is 1. The Balaban J connectivity index is 2.05. The molecule has 0 aromatic carbocycles. The fraction of sp³-hybridized carbons (Fsp3) is 0.538. The highest BCUT2D eigenvalue weighted by atomic mass is 16.5. The van der Waals surface area contributed by atoms with Gasteiger partial charge in [-0.1, -0.05) is 6.07 Å². The van der Waals surface area contributed by atoms with E-state index >= 15 is 0 Å². The maximum absolute atomic E-state index is 11.4. The minimum atomic E-state index is -0.371. The van der Waals surface area contributed by atoms with E-state index in [0.717, 1.165) is 25.4 Å². The molecule has 6 heteroatoms. The van der Waals surface area contributed by atoms with Crippen molar-refractivity contribution in [2.75, 3.05) is 19.7 Å². The Bertz CT molecular complexity index is 462. The number of rotatable bonds is 3. The third kappa shape index (κ3) is 3.73. The summed E-state index contributed by atoms with van der Waals surface area (Å²) in [5.41, 5.74) is 3.16. The number of nitrogens with two attached hydrogens (primary N) is 1. The van der Waals surface area contributed by atoms with Gasteiger partial charge < -0.3 is 4.74 Å². The fourth-order valence-electron chi connectivity index (χ4n) is 2.25. The van der Waals surface area contributed by atoms with Crippen LogP contribution < -0.4 is 11.3 Å². The Kier molecular flexibility index (Phi) is 4.14. The van der Waals surface area contributed by atoms with Crippen LogP contribution in [0.15, 0.2) is 18.2 Å². The van der Waals surface area contributed by atoms with Crippen LogP contribution in [-0.2, 0) is 11.3 Å². The highest BCUT2D eigenvalue weighted by Crippen LogP contribution is 2.17. The molecule has 0 radical (unpaired) electrons. The lowest BCUT2D eigenvalue weighted by Crippen LogP contribution is -2.47. The van der Waals surface area contributed by atoms with E-state index in [4.69, 9.17) is 10.6 Å². The monoisotopic (exact) mass is 264 g/mol. The third-order valence-corrected chi connectivity index (χ3v) is 3.06. The molecule has 19 heavy (non-hydrogen) atoms. The van der Waals surface area contributed by atoms with Crippen LogP contribution in [0.25, 0.3) is 0 Å². The number of nitrogens with zero attached hydrogens (tertiary/aromatic N) is 2. The van der Waals surface area contributed by atoms with Gasteiger partial charge in [0, 0.05) is 19.6 Å². The number of nitrogens with one attached hydrogen (secondary N) is 1. The highest BCUT2D eigenvalue weighted by Gasteiger charge is 2.27. The molecule has 0 spiro atoms. The minimum Gasteiger partial charge on any atom is -0.373 e. The van der Waals surface area contributed by atoms with Crippen LogP contribution in [0.3, 0.4) is 0 Å². The first-order valence-corrected chi connectivity index (χ1v) is 6.33. The molecule has 1 fully saturated rings. The second-order valence-electron chi connectivity index (χ2n) is 5.31. The average Bonchev–Trinajstić information content (AvgIpc) is 2.37. The molecule has 0 atom stereocenters. The second kappa shape index (κ2) is 5.64. The van der Waals surface area contributed by atoms with Gasteiger partial charge in [-0.25, -0.2) is 10.8 Å². The number of pyridine rings is 1. The number of aromatic nitrogens is 1. The zero-order valence-electron chi connectivity index (χ0n) is 11.3. The van der Waals surface area contributed by atoms with Gasteiger partial charge in [-0.05, 0) is 26.0 Å². The van der Waals surface area contributed by atoms with Gasteiger partial charge in [-0.2, -0.15) is 0 Å². The summed E-state index contributed by atoms with van der Waals surface area (Å²) in [5, 5.41) is 0. The maximum Gasteiger partial charge on any atom is 0.283 e. The van der Waals surface area contributed by atoms with E-state index in [2.05, 4.69) is 29.2 Å². The number of nitrogen functional groups attached to an aromatic ring is 1. The molecule has 0 aliphatic carbocycles. The number of hydrazine groups is 1. The van der Waals surface area contributed by atoms with Gasteiger partial charge in [-0.3, -0.25) is 15.1 Å². The SMILES string of the molecule is CC1(C)CN(Cc2cccc(C(=O)NN)n2)CCO1. The number of morpholine rings is 1. The molecule has 0 bridgehead atoms. The highest BCUT2D eigenvalue weighted by molar-refractivity contribution is 5.91. The summed E-state index contributed by atoms with van der Waals surface area (Å²) in [7, 11) is 0. The zero-order chi connectivity index (χ0) is 13.9. The summed E-state index contributed by atoms with van der Waals surface area (Å²) in [5.74, 6) is 4.74. The fourth-order valence-corrected chi connectivity index (χ4v) is 2.25. The van der Waals surface area contributed by atoms with E-state index in [1.807, 2.05) is 12.1 Å². The maximum atomic E-state index is 11.4. The van der Waals surface area contributed by atoms with Crippen LogP contribution in [0.1, 0.15) is 30.0 Å².